The highest BCUT2D eigenvalue weighted by atomic mass is 15.2. The number of nitrogens with zero attached hydrogens (tertiary/aromatic N) is 3. The molecule has 3 heteroatoms. The molecule has 2 rings (SSSR count). The zero-order valence-corrected chi connectivity index (χ0v) is 13.7. The summed E-state index contributed by atoms with van der Waals surface area (Å²) in [5, 5.41) is 0. The van der Waals surface area contributed by atoms with Crippen molar-refractivity contribution in [2.24, 2.45) is 5.92 Å². The molecule has 0 radical (unpaired) electrons. The van der Waals surface area contributed by atoms with Gasteiger partial charge in [-0.05, 0) is 30.7 Å². The quantitative estimate of drug-likeness (QED) is 0.795. The van der Waals surface area contributed by atoms with Crippen LogP contribution in [0, 0.1) is 5.92 Å². The van der Waals surface area contributed by atoms with Crippen molar-refractivity contribution in [1.29, 1.82) is 0 Å². The van der Waals surface area contributed by atoms with Gasteiger partial charge in [0.05, 0.1) is 0 Å². The Morgan fingerprint density at radius 1 is 1.10 bits per heavy atom. The third kappa shape index (κ3) is 5.10. The van der Waals surface area contributed by atoms with Gasteiger partial charge in [-0.25, -0.2) is 9.97 Å². The second kappa shape index (κ2) is 9.73. The highest BCUT2D eigenvalue weighted by Crippen LogP contribution is 2.24. The number of hydrogen-bond donors (Lipinski definition) is 0. The fraction of sp³-hybridized carbons (Fsp3) is 0.765. The Labute approximate surface area is 124 Å². The number of aromatic nitrogens is 2. The maximum Gasteiger partial charge on any atom is 0.225 e. The Kier molecular flexibility index (Phi) is 8.24. The van der Waals surface area contributed by atoms with Gasteiger partial charge in [0.25, 0.3) is 0 Å². The third-order valence-corrected chi connectivity index (χ3v) is 3.96. The van der Waals surface area contributed by atoms with Crippen LogP contribution in [0.2, 0.25) is 0 Å². The lowest BCUT2D eigenvalue weighted by atomic mass is 9.92. The van der Waals surface area contributed by atoms with Crippen LogP contribution in [0.5, 0.6) is 0 Å². The lowest BCUT2D eigenvalue weighted by Crippen LogP contribution is -2.34. The molecule has 1 saturated heterocycles. The average Bonchev–Trinajstić information content (AvgIpc) is 2.55. The summed E-state index contributed by atoms with van der Waals surface area (Å²) in [5.41, 5.74) is 1.22. The summed E-state index contributed by atoms with van der Waals surface area (Å²) in [7, 11) is 0. The number of rotatable bonds is 5. The van der Waals surface area contributed by atoms with Crippen molar-refractivity contribution >= 4 is 5.95 Å². The standard InChI is InChI=1S/C15H25N3.C2H6/c1-3-5-6-14-7-9-18(10-8-14)15-16-11-13(4-2)12-17-15;1-2/h11-12,14H,3-10H2,1-2H3;1-2H3. The minimum atomic E-state index is 0.918. The normalized spacial score (nSPS) is 15.7. The molecule has 1 aliphatic rings. The molecule has 0 saturated carbocycles. The Balaban J connectivity index is 0.000000956. The predicted octanol–water partition coefficient (Wildman–Crippen LogP) is 4.47. The molecule has 0 amide bonds. The van der Waals surface area contributed by atoms with Gasteiger partial charge in [0, 0.05) is 25.5 Å². The van der Waals surface area contributed by atoms with Gasteiger partial charge in [-0.3, -0.25) is 0 Å². The lowest BCUT2D eigenvalue weighted by molar-refractivity contribution is 0.369. The summed E-state index contributed by atoms with van der Waals surface area (Å²) in [4.78, 5) is 11.3. The molecule has 0 aromatic carbocycles. The molecule has 2 heterocycles. The van der Waals surface area contributed by atoms with E-state index in [4.69, 9.17) is 0 Å². The molecule has 1 aromatic rings. The molecule has 1 aliphatic heterocycles. The van der Waals surface area contributed by atoms with E-state index in [2.05, 4.69) is 28.7 Å². The SMILES string of the molecule is CC.CCCCC1CCN(c2ncc(CC)cn2)CC1. The highest BCUT2D eigenvalue weighted by Gasteiger charge is 2.20. The van der Waals surface area contributed by atoms with E-state index in [1.54, 1.807) is 0 Å². The van der Waals surface area contributed by atoms with Crippen molar-refractivity contribution in [3.63, 3.8) is 0 Å². The fourth-order valence-electron chi connectivity index (χ4n) is 2.61. The van der Waals surface area contributed by atoms with Gasteiger partial charge in [0.1, 0.15) is 0 Å². The topological polar surface area (TPSA) is 29.0 Å². The first-order valence-electron chi connectivity index (χ1n) is 8.39. The first-order valence-corrected chi connectivity index (χ1v) is 8.39. The Hall–Kier alpha value is -1.12. The zero-order valence-electron chi connectivity index (χ0n) is 13.7. The summed E-state index contributed by atoms with van der Waals surface area (Å²) in [5.74, 6) is 1.84. The average molecular weight is 277 g/mol. The number of piperidine rings is 1. The zero-order chi connectivity index (χ0) is 14.8. The summed E-state index contributed by atoms with van der Waals surface area (Å²) < 4.78 is 0. The van der Waals surface area contributed by atoms with Gasteiger partial charge in [-0.2, -0.15) is 0 Å². The minimum Gasteiger partial charge on any atom is -0.341 e. The smallest absolute Gasteiger partial charge is 0.225 e. The molecule has 0 unspecified atom stereocenters. The van der Waals surface area contributed by atoms with Crippen molar-refractivity contribution < 1.29 is 0 Å². The van der Waals surface area contributed by atoms with Gasteiger partial charge in [-0.1, -0.05) is 47.0 Å². The fourth-order valence-corrected chi connectivity index (χ4v) is 2.61. The monoisotopic (exact) mass is 277 g/mol. The summed E-state index contributed by atoms with van der Waals surface area (Å²) >= 11 is 0. The predicted molar refractivity (Wildman–Crippen MR) is 87.2 cm³/mol. The molecule has 114 valence electrons. The van der Waals surface area contributed by atoms with Gasteiger partial charge < -0.3 is 4.90 Å². The molecule has 20 heavy (non-hydrogen) atoms. The number of unbranched alkanes of at least 4 members (excludes halogenated alkanes) is 1. The Bertz CT molecular complexity index is 340. The van der Waals surface area contributed by atoms with Crippen molar-refractivity contribution in [1.82, 2.24) is 9.97 Å². The first kappa shape index (κ1) is 16.9. The first-order chi connectivity index (χ1) is 9.83. The maximum absolute atomic E-state index is 4.48. The van der Waals surface area contributed by atoms with Gasteiger partial charge >= 0.3 is 0 Å². The molecule has 3 nitrogen and oxygen atoms in total. The lowest BCUT2D eigenvalue weighted by Gasteiger charge is -2.32. The molecule has 1 fully saturated rings. The van der Waals surface area contributed by atoms with Gasteiger partial charge in [-0.15, -0.1) is 0 Å². The van der Waals surface area contributed by atoms with Crippen LogP contribution in [0.4, 0.5) is 5.95 Å². The molecule has 1 aromatic heterocycles. The van der Waals surface area contributed by atoms with E-state index in [0.717, 1.165) is 31.4 Å². The largest absolute Gasteiger partial charge is 0.341 e. The second-order valence-electron chi connectivity index (χ2n) is 5.32. The summed E-state index contributed by atoms with van der Waals surface area (Å²) in [6, 6.07) is 0. The molecule has 0 N–H and O–H groups in total. The summed E-state index contributed by atoms with van der Waals surface area (Å²) in [6.07, 6.45) is 11.7. The molecular weight excluding hydrogens is 246 g/mol. The number of anilines is 1. The molecule has 0 bridgehead atoms. The molecule has 0 spiro atoms. The van der Waals surface area contributed by atoms with Crippen LogP contribution < -0.4 is 4.90 Å². The van der Waals surface area contributed by atoms with Gasteiger partial charge in [0.15, 0.2) is 0 Å². The van der Waals surface area contributed by atoms with Crippen molar-refractivity contribution in [3.05, 3.63) is 18.0 Å². The third-order valence-electron chi connectivity index (χ3n) is 3.96. The Morgan fingerprint density at radius 3 is 2.20 bits per heavy atom. The second-order valence-corrected chi connectivity index (χ2v) is 5.32. The van der Waals surface area contributed by atoms with E-state index in [9.17, 15) is 0 Å². The van der Waals surface area contributed by atoms with E-state index >= 15 is 0 Å². The van der Waals surface area contributed by atoms with E-state index in [1.807, 2.05) is 26.2 Å². The van der Waals surface area contributed by atoms with Crippen LogP contribution >= 0.6 is 0 Å². The van der Waals surface area contributed by atoms with Crippen LogP contribution in [0.15, 0.2) is 12.4 Å². The van der Waals surface area contributed by atoms with Gasteiger partial charge in [0.2, 0.25) is 5.95 Å². The van der Waals surface area contributed by atoms with E-state index in [-0.39, 0.29) is 0 Å². The highest BCUT2D eigenvalue weighted by molar-refractivity contribution is 5.30. The van der Waals surface area contributed by atoms with E-state index in [0.29, 0.717) is 0 Å². The Morgan fingerprint density at radius 2 is 1.70 bits per heavy atom. The number of aryl methyl sites for hydroxylation is 1. The maximum atomic E-state index is 4.48. The van der Waals surface area contributed by atoms with Crippen molar-refractivity contribution in [3.8, 4) is 0 Å². The van der Waals surface area contributed by atoms with Crippen LogP contribution in [-0.2, 0) is 6.42 Å². The van der Waals surface area contributed by atoms with E-state index in [1.165, 1.54) is 37.7 Å². The van der Waals surface area contributed by atoms with E-state index < -0.39 is 0 Å². The summed E-state index contributed by atoms with van der Waals surface area (Å²) in [6.45, 7) is 10.7. The van der Waals surface area contributed by atoms with Crippen LogP contribution in [0.3, 0.4) is 0 Å². The van der Waals surface area contributed by atoms with Crippen LogP contribution in [-0.4, -0.2) is 23.1 Å². The number of hydrogen-bond acceptors (Lipinski definition) is 3. The molecular formula is C17H31N3. The molecule has 0 atom stereocenters. The van der Waals surface area contributed by atoms with Crippen molar-refractivity contribution in [2.75, 3.05) is 18.0 Å². The van der Waals surface area contributed by atoms with Crippen LogP contribution in [0.1, 0.15) is 65.4 Å². The molecule has 0 aliphatic carbocycles. The van der Waals surface area contributed by atoms with Crippen LogP contribution in [0.25, 0.3) is 0 Å². The minimum absolute atomic E-state index is 0.918. The van der Waals surface area contributed by atoms with Crippen molar-refractivity contribution in [2.45, 2.75) is 66.2 Å².